The van der Waals surface area contributed by atoms with Crippen LogP contribution in [0, 0.1) is 20.8 Å². The van der Waals surface area contributed by atoms with Crippen molar-refractivity contribution in [2.75, 3.05) is 17.4 Å². The van der Waals surface area contributed by atoms with Crippen molar-refractivity contribution in [1.82, 2.24) is 10.2 Å². The standard InChI is InChI=1S/C30H36ClN3O4S/c1-6-15-32-30(36)24(5)33(19-25-9-7-8-10-28(25)31)29(35)20-34(26-17-22(3)16-23(4)18-26)39(37,38)27-13-11-21(2)12-14-27/h7-14,16-18,24H,6,15,19-20H2,1-5H3,(H,32,36)/t24-/m1/s1. The average Bonchev–Trinajstić information content (AvgIpc) is 2.89. The molecule has 0 saturated carbocycles. The van der Waals surface area contributed by atoms with Crippen molar-refractivity contribution < 1.29 is 18.0 Å². The van der Waals surface area contributed by atoms with Gasteiger partial charge in [-0.2, -0.15) is 0 Å². The SMILES string of the molecule is CCCNC(=O)[C@@H](C)N(Cc1ccccc1Cl)C(=O)CN(c1cc(C)cc(C)c1)S(=O)(=O)c1ccc(C)cc1. The van der Waals surface area contributed by atoms with Gasteiger partial charge in [0.2, 0.25) is 11.8 Å². The second kappa shape index (κ2) is 13.1. The maximum absolute atomic E-state index is 14.0. The Balaban J connectivity index is 2.06. The van der Waals surface area contributed by atoms with Gasteiger partial charge in [-0.3, -0.25) is 13.9 Å². The van der Waals surface area contributed by atoms with Crippen LogP contribution < -0.4 is 9.62 Å². The van der Waals surface area contributed by atoms with Crippen LogP contribution in [0.5, 0.6) is 0 Å². The highest BCUT2D eigenvalue weighted by atomic mass is 35.5. The lowest BCUT2D eigenvalue weighted by Gasteiger charge is -2.32. The molecule has 7 nitrogen and oxygen atoms in total. The molecule has 9 heteroatoms. The summed E-state index contributed by atoms with van der Waals surface area (Å²) >= 11 is 6.40. The second-order valence-corrected chi connectivity index (χ2v) is 12.0. The Labute approximate surface area is 236 Å². The molecule has 0 saturated heterocycles. The number of aryl methyl sites for hydroxylation is 3. The van der Waals surface area contributed by atoms with Crippen LogP contribution in [0.2, 0.25) is 5.02 Å². The molecule has 3 aromatic carbocycles. The molecule has 39 heavy (non-hydrogen) atoms. The maximum atomic E-state index is 14.0. The molecule has 1 N–H and O–H groups in total. The number of rotatable bonds is 11. The number of amides is 2. The van der Waals surface area contributed by atoms with Gasteiger partial charge in [-0.05, 0) is 81.1 Å². The van der Waals surface area contributed by atoms with E-state index in [4.69, 9.17) is 11.6 Å². The fourth-order valence-electron chi connectivity index (χ4n) is 4.25. The Kier molecular flexibility index (Phi) is 10.2. The molecule has 0 radical (unpaired) electrons. The van der Waals surface area contributed by atoms with Crippen LogP contribution in [-0.4, -0.2) is 44.3 Å². The van der Waals surface area contributed by atoms with Gasteiger partial charge in [0.1, 0.15) is 12.6 Å². The Morgan fingerprint density at radius 2 is 1.54 bits per heavy atom. The monoisotopic (exact) mass is 569 g/mol. The van der Waals surface area contributed by atoms with Gasteiger partial charge in [-0.25, -0.2) is 8.42 Å². The lowest BCUT2D eigenvalue weighted by Crippen LogP contribution is -2.51. The number of nitrogens with one attached hydrogen (secondary N) is 1. The highest BCUT2D eigenvalue weighted by Gasteiger charge is 2.33. The summed E-state index contributed by atoms with van der Waals surface area (Å²) in [5.74, 6) is -0.847. The summed E-state index contributed by atoms with van der Waals surface area (Å²) in [6.07, 6.45) is 0.742. The smallest absolute Gasteiger partial charge is 0.264 e. The van der Waals surface area contributed by atoms with Crippen LogP contribution >= 0.6 is 11.6 Å². The van der Waals surface area contributed by atoms with Gasteiger partial charge in [-0.15, -0.1) is 0 Å². The van der Waals surface area contributed by atoms with Crippen LogP contribution in [-0.2, 0) is 26.2 Å². The molecule has 0 spiro atoms. The predicted octanol–water partition coefficient (Wildman–Crippen LogP) is 5.40. The minimum absolute atomic E-state index is 0.0461. The highest BCUT2D eigenvalue weighted by Crippen LogP contribution is 2.27. The number of halogens is 1. The van der Waals surface area contributed by atoms with E-state index in [9.17, 15) is 18.0 Å². The van der Waals surface area contributed by atoms with Crippen molar-refractivity contribution in [3.8, 4) is 0 Å². The normalized spacial score (nSPS) is 12.1. The molecule has 208 valence electrons. The Hall–Kier alpha value is -3.36. The second-order valence-electron chi connectivity index (χ2n) is 9.75. The van der Waals surface area contributed by atoms with E-state index < -0.39 is 28.5 Å². The van der Waals surface area contributed by atoms with E-state index in [0.717, 1.165) is 27.4 Å². The number of hydrogen-bond donors (Lipinski definition) is 1. The number of anilines is 1. The van der Waals surface area contributed by atoms with Gasteiger partial charge in [0.15, 0.2) is 0 Å². The highest BCUT2D eigenvalue weighted by molar-refractivity contribution is 7.92. The molecule has 0 aliphatic carbocycles. The van der Waals surface area contributed by atoms with Crippen molar-refractivity contribution in [1.29, 1.82) is 0 Å². The number of sulfonamides is 1. The summed E-state index contributed by atoms with van der Waals surface area (Å²) in [4.78, 5) is 28.4. The van der Waals surface area contributed by atoms with E-state index in [-0.39, 0.29) is 17.3 Å². The molecule has 0 aliphatic rings. The zero-order valence-electron chi connectivity index (χ0n) is 23.1. The summed E-state index contributed by atoms with van der Waals surface area (Å²) in [5, 5.41) is 3.29. The van der Waals surface area contributed by atoms with Crippen molar-refractivity contribution in [2.24, 2.45) is 0 Å². The molecule has 0 unspecified atom stereocenters. The lowest BCUT2D eigenvalue weighted by atomic mass is 10.1. The first-order valence-corrected chi connectivity index (χ1v) is 14.7. The molecule has 0 heterocycles. The topological polar surface area (TPSA) is 86.8 Å². The van der Waals surface area contributed by atoms with Gasteiger partial charge in [0, 0.05) is 18.1 Å². The summed E-state index contributed by atoms with van der Waals surface area (Å²) in [5.41, 5.74) is 3.67. The quantitative estimate of drug-likeness (QED) is 0.335. The number of carbonyl (C=O) groups excluding carboxylic acids is 2. The van der Waals surface area contributed by atoms with Gasteiger partial charge in [0.05, 0.1) is 10.6 Å². The zero-order valence-corrected chi connectivity index (χ0v) is 24.6. The summed E-state index contributed by atoms with van der Waals surface area (Å²) in [6, 6.07) is 18.1. The summed E-state index contributed by atoms with van der Waals surface area (Å²) < 4.78 is 29.0. The first kappa shape index (κ1) is 30.2. The third-order valence-corrected chi connectivity index (χ3v) is 8.55. The molecule has 0 bridgehead atoms. The predicted molar refractivity (Wildman–Crippen MR) is 156 cm³/mol. The molecule has 0 aliphatic heterocycles. The van der Waals surface area contributed by atoms with Gasteiger partial charge >= 0.3 is 0 Å². The van der Waals surface area contributed by atoms with Gasteiger partial charge in [-0.1, -0.05) is 60.5 Å². The Morgan fingerprint density at radius 3 is 2.13 bits per heavy atom. The lowest BCUT2D eigenvalue weighted by molar-refractivity contribution is -0.139. The Bertz CT molecular complexity index is 1400. The fourth-order valence-corrected chi connectivity index (χ4v) is 5.84. The van der Waals surface area contributed by atoms with Crippen molar-refractivity contribution >= 4 is 39.1 Å². The molecular formula is C30H36ClN3O4S. The minimum Gasteiger partial charge on any atom is -0.354 e. The first-order chi connectivity index (χ1) is 18.4. The van der Waals surface area contributed by atoms with E-state index in [1.165, 1.54) is 17.0 Å². The number of carbonyl (C=O) groups is 2. The molecule has 2 amide bonds. The summed E-state index contributed by atoms with van der Waals surface area (Å²) in [7, 11) is -4.11. The van der Waals surface area contributed by atoms with Crippen LogP contribution in [0.4, 0.5) is 5.69 Å². The average molecular weight is 570 g/mol. The molecule has 0 fully saturated rings. The third-order valence-electron chi connectivity index (χ3n) is 6.40. The Morgan fingerprint density at radius 1 is 0.923 bits per heavy atom. The molecular weight excluding hydrogens is 534 g/mol. The van der Waals surface area contributed by atoms with Crippen LogP contribution in [0.25, 0.3) is 0 Å². The summed E-state index contributed by atoms with van der Waals surface area (Å²) in [6.45, 7) is 9.22. The van der Waals surface area contributed by atoms with E-state index >= 15 is 0 Å². The van der Waals surface area contributed by atoms with Crippen LogP contribution in [0.15, 0.2) is 71.6 Å². The zero-order chi connectivity index (χ0) is 28.7. The van der Waals surface area contributed by atoms with Crippen LogP contribution in [0.3, 0.4) is 0 Å². The first-order valence-electron chi connectivity index (χ1n) is 12.9. The van der Waals surface area contributed by atoms with Crippen molar-refractivity contribution in [3.63, 3.8) is 0 Å². The van der Waals surface area contributed by atoms with Crippen LogP contribution in [0.1, 0.15) is 42.5 Å². The molecule has 1 atom stereocenters. The molecule has 0 aromatic heterocycles. The van der Waals surface area contributed by atoms with Gasteiger partial charge in [0.25, 0.3) is 10.0 Å². The van der Waals surface area contributed by atoms with E-state index in [2.05, 4.69) is 5.32 Å². The van der Waals surface area contributed by atoms with E-state index in [1.807, 2.05) is 33.8 Å². The number of hydrogen-bond acceptors (Lipinski definition) is 4. The molecule has 3 rings (SSSR count). The van der Waals surface area contributed by atoms with Crippen molar-refractivity contribution in [3.05, 3.63) is 94.0 Å². The third kappa shape index (κ3) is 7.61. The maximum Gasteiger partial charge on any atom is 0.264 e. The number of nitrogens with zero attached hydrogens (tertiary/aromatic N) is 2. The van der Waals surface area contributed by atoms with E-state index in [1.54, 1.807) is 55.5 Å². The van der Waals surface area contributed by atoms with Gasteiger partial charge < -0.3 is 10.2 Å². The molecule has 3 aromatic rings. The largest absolute Gasteiger partial charge is 0.354 e. The minimum atomic E-state index is -4.11. The van der Waals surface area contributed by atoms with Crippen molar-refractivity contribution in [2.45, 2.75) is 58.5 Å². The fraction of sp³-hybridized carbons (Fsp3) is 0.333. The van der Waals surface area contributed by atoms with E-state index in [0.29, 0.717) is 22.8 Å². The number of benzene rings is 3.